The Labute approximate surface area is 110 Å². The number of likely N-dealkylation sites (tertiary alicyclic amines) is 1. The van der Waals surface area contributed by atoms with E-state index in [-0.39, 0.29) is 17.8 Å². The summed E-state index contributed by atoms with van der Waals surface area (Å²) < 4.78 is 0. The molecular weight excluding hydrogens is 246 g/mol. The Bertz CT molecular complexity index is 503. The molecule has 2 N–H and O–H groups in total. The van der Waals surface area contributed by atoms with Gasteiger partial charge in [-0.3, -0.25) is 14.5 Å². The maximum absolute atomic E-state index is 11.5. The number of benzene rings is 1. The monoisotopic (exact) mass is 261 g/mol. The van der Waals surface area contributed by atoms with E-state index in [0.29, 0.717) is 13.1 Å². The lowest BCUT2D eigenvalue weighted by Crippen LogP contribution is -2.35. The van der Waals surface area contributed by atoms with Crippen molar-refractivity contribution in [3.8, 4) is 0 Å². The Balaban J connectivity index is 1.75. The van der Waals surface area contributed by atoms with Gasteiger partial charge in [-0.15, -0.1) is 0 Å². The van der Waals surface area contributed by atoms with Crippen molar-refractivity contribution in [1.82, 2.24) is 4.90 Å². The number of nitrogens with zero attached hydrogens (tertiary/aromatic N) is 1. The first-order valence-electron chi connectivity index (χ1n) is 6.34. The van der Waals surface area contributed by atoms with Crippen LogP contribution >= 0.6 is 0 Å². The normalized spacial score (nSPS) is 30.6. The highest BCUT2D eigenvalue weighted by Crippen LogP contribution is 2.53. The third-order valence-electron chi connectivity index (χ3n) is 4.22. The van der Waals surface area contributed by atoms with Crippen LogP contribution in [0.1, 0.15) is 11.6 Å². The largest absolute Gasteiger partial charge is 0.481 e. The molecule has 1 saturated carbocycles. The van der Waals surface area contributed by atoms with Gasteiger partial charge in [-0.2, -0.15) is 0 Å². The number of aliphatic carboxylic acids is 2. The Morgan fingerprint density at radius 3 is 2.16 bits per heavy atom. The Hall–Kier alpha value is -1.88. The van der Waals surface area contributed by atoms with E-state index in [2.05, 4.69) is 0 Å². The highest BCUT2D eigenvalue weighted by atomic mass is 16.4. The molecular formula is C14H15NO4. The number of rotatable bonds is 4. The number of carboxylic acid groups (broad SMARTS) is 2. The summed E-state index contributed by atoms with van der Waals surface area (Å²) in [6.07, 6.45) is 0. The minimum atomic E-state index is -0.876. The van der Waals surface area contributed by atoms with E-state index in [4.69, 9.17) is 5.11 Å². The zero-order valence-electron chi connectivity index (χ0n) is 10.3. The van der Waals surface area contributed by atoms with Gasteiger partial charge in [0.2, 0.25) is 0 Å². The number of hydrogen-bond acceptors (Lipinski definition) is 3. The second-order valence-electron chi connectivity index (χ2n) is 5.30. The van der Waals surface area contributed by atoms with E-state index in [0.717, 1.165) is 5.56 Å². The summed E-state index contributed by atoms with van der Waals surface area (Å²) in [4.78, 5) is 24.3. The second kappa shape index (κ2) is 4.35. The van der Waals surface area contributed by atoms with Gasteiger partial charge in [0.05, 0.1) is 5.92 Å². The van der Waals surface area contributed by atoms with Gasteiger partial charge in [0, 0.05) is 13.1 Å². The van der Waals surface area contributed by atoms with E-state index in [9.17, 15) is 14.7 Å². The summed E-state index contributed by atoms with van der Waals surface area (Å²) in [5.74, 6) is -1.63. The molecule has 1 aromatic carbocycles. The van der Waals surface area contributed by atoms with Crippen molar-refractivity contribution in [2.45, 2.75) is 6.04 Å². The molecule has 1 aliphatic carbocycles. The minimum absolute atomic E-state index is 0.128. The SMILES string of the molecule is O=C(O)C1[C@H]2CN(C(C(=O)O)c3ccccc3)C[C@@H]12. The molecule has 5 heteroatoms. The summed E-state index contributed by atoms with van der Waals surface area (Å²) in [7, 11) is 0. The highest BCUT2D eigenvalue weighted by Gasteiger charge is 2.61. The molecule has 19 heavy (non-hydrogen) atoms. The number of piperidine rings is 1. The molecule has 5 nitrogen and oxygen atoms in total. The van der Waals surface area contributed by atoms with E-state index < -0.39 is 18.0 Å². The van der Waals surface area contributed by atoms with Gasteiger partial charge in [0.15, 0.2) is 0 Å². The third-order valence-corrected chi connectivity index (χ3v) is 4.22. The number of fused-ring (bicyclic) bond motifs is 1. The summed E-state index contributed by atoms with van der Waals surface area (Å²) in [5, 5.41) is 18.4. The third kappa shape index (κ3) is 2.00. The fraction of sp³-hybridized carbons (Fsp3) is 0.429. The summed E-state index contributed by atoms with van der Waals surface area (Å²) in [6.45, 7) is 1.13. The fourth-order valence-electron chi connectivity index (χ4n) is 3.28. The number of carbonyl (C=O) groups is 2. The molecule has 0 amide bonds. The Morgan fingerprint density at radius 2 is 1.68 bits per heavy atom. The van der Waals surface area contributed by atoms with Crippen LogP contribution in [-0.2, 0) is 9.59 Å². The first-order valence-corrected chi connectivity index (χ1v) is 6.34. The summed E-state index contributed by atoms with van der Waals surface area (Å²) in [5.41, 5.74) is 0.753. The molecule has 4 atom stereocenters. The molecule has 1 aromatic rings. The molecule has 0 bridgehead atoms. The summed E-state index contributed by atoms with van der Waals surface area (Å²) in [6, 6.07) is 8.44. The van der Waals surface area contributed by atoms with Crippen LogP contribution in [0.3, 0.4) is 0 Å². The van der Waals surface area contributed by atoms with Gasteiger partial charge in [0.25, 0.3) is 0 Å². The van der Waals surface area contributed by atoms with E-state index >= 15 is 0 Å². The smallest absolute Gasteiger partial charge is 0.325 e. The molecule has 1 heterocycles. The maximum Gasteiger partial charge on any atom is 0.325 e. The standard InChI is InChI=1S/C14H15NO4/c16-13(17)11-9-6-15(7-10(9)11)12(14(18)19)8-4-2-1-3-5-8/h1-5,9-12H,6-7H2,(H,16,17)(H,18,19)/t9-,10+,11?,12?. The van der Waals surface area contributed by atoms with Gasteiger partial charge < -0.3 is 10.2 Å². The second-order valence-corrected chi connectivity index (χ2v) is 5.30. The van der Waals surface area contributed by atoms with E-state index in [1.165, 1.54) is 0 Å². The first-order chi connectivity index (χ1) is 9.09. The molecule has 2 unspecified atom stereocenters. The zero-order valence-corrected chi connectivity index (χ0v) is 10.3. The van der Waals surface area contributed by atoms with Gasteiger partial charge in [0.1, 0.15) is 6.04 Å². The molecule has 0 aromatic heterocycles. The summed E-state index contributed by atoms with van der Waals surface area (Å²) >= 11 is 0. The van der Waals surface area contributed by atoms with Crippen molar-refractivity contribution in [2.24, 2.45) is 17.8 Å². The quantitative estimate of drug-likeness (QED) is 0.847. The van der Waals surface area contributed by atoms with Crippen molar-refractivity contribution in [2.75, 3.05) is 13.1 Å². The predicted molar refractivity (Wildman–Crippen MR) is 66.5 cm³/mol. The molecule has 0 radical (unpaired) electrons. The molecule has 2 fully saturated rings. The predicted octanol–water partition coefficient (Wildman–Crippen LogP) is 1.07. The van der Waals surface area contributed by atoms with Crippen molar-refractivity contribution in [1.29, 1.82) is 0 Å². The molecule has 1 aliphatic heterocycles. The first kappa shape index (κ1) is 12.2. The van der Waals surface area contributed by atoms with Crippen molar-refractivity contribution in [3.05, 3.63) is 35.9 Å². The lowest BCUT2D eigenvalue weighted by atomic mass is 10.1. The fourth-order valence-corrected chi connectivity index (χ4v) is 3.28. The Morgan fingerprint density at radius 1 is 1.11 bits per heavy atom. The van der Waals surface area contributed by atoms with Gasteiger partial charge in [-0.25, -0.2) is 0 Å². The van der Waals surface area contributed by atoms with Crippen LogP contribution in [0.4, 0.5) is 0 Å². The van der Waals surface area contributed by atoms with Crippen LogP contribution in [0.15, 0.2) is 30.3 Å². The van der Waals surface area contributed by atoms with Crippen molar-refractivity contribution < 1.29 is 19.8 Å². The van der Waals surface area contributed by atoms with E-state index in [1.54, 1.807) is 12.1 Å². The molecule has 3 rings (SSSR count). The lowest BCUT2D eigenvalue weighted by molar-refractivity contribution is -0.143. The highest BCUT2D eigenvalue weighted by molar-refractivity contribution is 5.77. The van der Waals surface area contributed by atoms with E-state index in [1.807, 2.05) is 23.1 Å². The number of hydrogen-bond donors (Lipinski definition) is 2. The average molecular weight is 261 g/mol. The Kier molecular flexibility index (Phi) is 2.78. The van der Waals surface area contributed by atoms with Crippen LogP contribution in [0.2, 0.25) is 0 Å². The van der Waals surface area contributed by atoms with Gasteiger partial charge >= 0.3 is 11.9 Å². The van der Waals surface area contributed by atoms with Gasteiger partial charge in [-0.05, 0) is 17.4 Å². The van der Waals surface area contributed by atoms with Crippen molar-refractivity contribution in [3.63, 3.8) is 0 Å². The molecule has 2 aliphatic rings. The van der Waals surface area contributed by atoms with Gasteiger partial charge in [-0.1, -0.05) is 30.3 Å². The lowest BCUT2D eigenvalue weighted by Gasteiger charge is -2.26. The van der Waals surface area contributed by atoms with Crippen LogP contribution in [0.5, 0.6) is 0 Å². The average Bonchev–Trinajstić information content (AvgIpc) is 2.88. The van der Waals surface area contributed by atoms with Crippen LogP contribution in [0, 0.1) is 17.8 Å². The van der Waals surface area contributed by atoms with Crippen LogP contribution in [0.25, 0.3) is 0 Å². The maximum atomic E-state index is 11.5. The molecule has 1 saturated heterocycles. The van der Waals surface area contributed by atoms with Crippen molar-refractivity contribution >= 4 is 11.9 Å². The van der Waals surface area contributed by atoms with Crippen LogP contribution < -0.4 is 0 Å². The number of carboxylic acids is 2. The topological polar surface area (TPSA) is 77.8 Å². The molecule has 0 spiro atoms. The zero-order chi connectivity index (χ0) is 13.6. The minimum Gasteiger partial charge on any atom is -0.481 e. The molecule has 100 valence electrons. The van der Waals surface area contributed by atoms with Crippen LogP contribution in [-0.4, -0.2) is 40.1 Å².